The standard InChI is InChI=1S/C20H24N2O3S/c1-11(2)14-9-15(18(24)10-17(14)23)20(26)22-13-4-5-16-19(8-13)25-7-6-12(3)21-16/h4-5,8-12,21,23-24H,6-7H2,1-3H3,(H,22,26). The maximum atomic E-state index is 10.2. The molecular formula is C20H24N2O3S. The first-order valence-electron chi connectivity index (χ1n) is 8.75. The van der Waals surface area contributed by atoms with Crippen molar-refractivity contribution in [1.82, 2.24) is 0 Å². The van der Waals surface area contributed by atoms with Gasteiger partial charge in [0.25, 0.3) is 0 Å². The first kappa shape index (κ1) is 18.3. The number of nitrogens with one attached hydrogen (secondary N) is 2. The number of hydrogen-bond acceptors (Lipinski definition) is 5. The molecule has 0 amide bonds. The van der Waals surface area contributed by atoms with Crippen LogP contribution in [0.1, 0.15) is 44.2 Å². The van der Waals surface area contributed by atoms with Gasteiger partial charge in [-0.25, -0.2) is 0 Å². The van der Waals surface area contributed by atoms with Gasteiger partial charge in [0.05, 0.1) is 17.9 Å². The molecule has 0 radical (unpaired) electrons. The maximum absolute atomic E-state index is 10.2. The lowest BCUT2D eigenvalue weighted by molar-refractivity contribution is 0.314. The molecule has 0 bridgehead atoms. The van der Waals surface area contributed by atoms with Crippen LogP contribution in [-0.2, 0) is 0 Å². The van der Waals surface area contributed by atoms with Crippen molar-refractivity contribution < 1.29 is 14.9 Å². The third kappa shape index (κ3) is 3.85. The molecule has 3 rings (SSSR count). The van der Waals surface area contributed by atoms with E-state index in [9.17, 15) is 10.2 Å². The Kier molecular flexibility index (Phi) is 5.23. The number of benzene rings is 2. The van der Waals surface area contributed by atoms with Gasteiger partial charge in [0.2, 0.25) is 0 Å². The summed E-state index contributed by atoms with van der Waals surface area (Å²) in [5.74, 6) is 0.916. The summed E-state index contributed by atoms with van der Waals surface area (Å²) < 4.78 is 5.81. The number of rotatable bonds is 3. The summed E-state index contributed by atoms with van der Waals surface area (Å²) in [6.45, 7) is 6.74. The summed E-state index contributed by atoms with van der Waals surface area (Å²) >= 11 is 5.47. The minimum Gasteiger partial charge on any atom is -0.508 e. The van der Waals surface area contributed by atoms with E-state index in [1.54, 1.807) is 6.07 Å². The van der Waals surface area contributed by atoms with Crippen molar-refractivity contribution in [3.8, 4) is 17.2 Å². The Hall–Kier alpha value is -2.47. The number of anilines is 2. The largest absolute Gasteiger partial charge is 0.508 e. The molecule has 0 saturated heterocycles. The monoisotopic (exact) mass is 372 g/mol. The van der Waals surface area contributed by atoms with E-state index in [0.29, 0.717) is 23.2 Å². The van der Waals surface area contributed by atoms with E-state index < -0.39 is 0 Å². The zero-order valence-electron chi connectivity index (χ0n) is 15.2. The average molecular weight is 372 g/mol. The van der Waals surface area contributed by atoms with Gasteiger partial charge in [-0.3, -0.25) is 0 Å². The normalized spacial score (nSPS) is 16.2. The van der Waals surface area contributed by atoms with E-state index in [1.165, 1.54) is 6.07 Å². The molecule has 5 nitrogen and oxygen atoms in total. The molecule has 2 aromatic rings. The molecule has 4 N–H and O–H groups in total. The second kappa shape index (κ2) is 7.41. The van der Waals surface area contributed by atoms with Crippen LogP contribution in [0.3, 0.4) is 0 Å². The SMILES string of the molecule is CC1CCOc2cc(NC(=S)c3cc(C(C)C)c(O)cc3O)ccc2N1. The predicted octanol–water partition coefficient (Wildman–Crippen LogP) is 4.59. The van der Waals surface area contributed by atoms with Gasteiger partial charge in [0, 0.05) is 30.3 Å². The van der Waals surface area contributed by atoms with Gasteiger partial charge in [0.1, 0.15) is 22.2 Å². The van der Waals surface area contributed by atoms with E-state index >= 15 is 0 Å². The van der Waals surface area contributed by atoms with Gasteiger partial charge in [-0.15, -0.1) is 0 Å². The molecule has 0 fully saturated rings. The van der Waals surface area contributed by atoms with E-state index in [0.717, 1.165) is 29.1 Å². The van der Waals surface area contributed by atoms with Gasteiger partial charge >= 0.3 is 0 Å². The number of phenolic OH excluding ortho intramolecular Hbond substituents is 2. The van der Waals surface area contributed by atoms with E-state index in [4.69, 9.17) is 17.0 Å². The van der Waals surface area contributed by atoms with Crippen LogP contribution in [0.2, 0.25) is 0 Å². The third-order valence-corrected chi connectivity index (χ3v) is 4.78. The van der Waals surface area contributed by atoms with Gasteiger partial charge in [-0.05, 0) is 36.6 Å². The van der Waals surface area contributed by atoms with Crippen molar-refractivity contribution >= 4 is 28.6 Å². The number of fused-ring (bicyclic) bond motifs is 1. The molecule has 1 aliphatic heterocycles. The van der Waals surface area contributed by atoms with Crippen molar-refractivity contribution in [3.05, 3.63) is 41.5 Å². The fourth-order valence-corrected chi connectivity index (χ4v) is 3.24. The van der Waals surface area contributed by atoms with Gasteiger partial charge in [0.15, 0.2) is 0 Å². The van der Waals surface area contributed by atoms with Crippen LogP contribution in [0.15, 0.2) is 30.3 Å². The number of ether oxygens (including phenoxy) is 1. The van der Waals surface area contributed by atoms with E-state index in [2.05, 4.69) is 17.6 Å². The molecule has 26 heavy (non-hydrogen) atoms. The molecule has 138 valence electrons. The highest BCUT2D eigenvalue weighted by molar-refractivity contribution is 7.81. The molecule has 6 heteroatoms. The van der Waals surface area contributed by atoms with Crippen LogP contribution in [0.4, 0.5) is 11.4 Å². The summed E-state index contributed by atoms with van der Waals surface area (Å²) in [4.78, 5) is 0.388. The molecule has 0 aliphatic carbocycles. The molecule has 1 unspecified atom stereocenters. The van der Waals surface area contributed by atoms with Crippen molar-refractivity contribution in [1.29, 1.82) is 0 Å². The smallest absolute Gasteiger partial charge is 0.144 e. The van der Waals surface area contributed by atoms with Crippen LogP contribution in [0, 0.1) is 0 Å². The number of aromatic hydroxyl groups is 2. The molecule has 1 heterocycles. The summed E-state index contributed by atoms with van der Waals surface area (Å²) in [6, 6.07) is 9.20. The molecule has 0 aromatic heterocycles. The molecule has 1 aliphatic rings. The van der Waals surface area contributed by atoms with Crippen LogP contribution >= 0.6 is 12.2 Å². The van der Waals surface area contributed by atoms with Gasteiger partial charge < -0.3 is 25.6 Å². The lowest BCUT2D eigenvalue weighted by Gasteiger charge is -2.16. The molecular weight excluding hydrogens is 348 g/mol. The quantitative estimate of drug-likeness (QED) is 0.591. The topological polar surface area (TPSA) is 73.8 Å². The molecule has 1 atom stereocenters. The summed E-state index contributed by atoms with van der Waals surface area (Å²) in [7, 11) is 0. The zero-order chi connectivity index (χ0) is 18.8. The second-order valence-electron chi connectivity index (χ2n) is 6.93. The van der Waals surface area contributed by atoms with Crippen LogP contribution in [-0.4, -0.2) is 27.9 Å². The third-order valence-electron chi connectivity index (χ3n) is 4.46. The van der Waals surface area contributed by atoms with Crippen molar-refractivity contribution in [2.45, 2.75) is 39.2 Å². The zero-order valence-corrected chi connectivity index (χ0v) is 16.0. The minimum absolute atomic E-state index is 0.0501. The minimum atomic E-state index is -0.0501. The predicted molar refractivity (Wildman–Crippen MR) is 109 cm³/mol. The van der Waals surface area contributed by atoms with Crippen LogP contribution in [0.5, 0.6) is 17.2 Å². The summed E-state index contributed by atoms with van der Waals surface area (Å²) in [6.07, 6.45) is 0.940. The number of hydrogen-bond donors (Lipinski definition) is 4. The highest BCUT2D eigenvalue weighted by atomic mass is 32.1. The Morgan fingerprint density at radius 2 is 2.00 bits per heavy atom. The Morgan fingerprint density at radius 3 is 2.73 bits per heavy atom. The lowest BCUT2D eigenvalue weighted by atomic mass is 9.99. The van der Waals surface area contributed by atoms with E-state index in [-0.39, 0.29) is 17.4 Å². The second-order valence-corrected chi connectivity index (χ2v) is 7.34. The Bertz CT molecular complexity index is 836. The number of phenols is 2. The lowest BCUT2D eigenvalue weighted by Crippen LogP contribution is -2.14. The van der Waals surface area contributed by atoms with Crippen molar-refractivity contribution in [2.75, 3.05) is 17.2 Å². The van der Waals surface area contributed by atoms with Gasteiger partial charge in [-0.1, -0.05) is 26.1 Å². The highest BCUT2D eigenvalue weighted by Gasteiger charge is 2.17. The fraction of sp³-hybridized carbons (Fsp3) is 0.350. The first-order valence-corrected chi connectivity index (χ1v) is 9.16. The van der Waals surface area contributed by atoms with Crippen molar-refractivity contribution in [2.24, 2.45) is 0 Å². The fourth-order valence-electron chi connectivity index (χ4n) is 2.96. The summed E-state index contributed by atoms with van der Waals surface area (Å²) in [5, 5.41) is 26.7. The first-order chi connectivity index (χ1) is 12.3. The van der Waals surface area contributed by atoms with Crippen molar-refractivity contribution in [3.63, 3.8) is 0 Å². The molecule has 0 saturated carbocycles. The highest BCUT2D eigenvalue weighted by Crippen LogP contribution is 2.34. The maximum Gasteiger partial charge on any atom is 0.144 e. The van der Waals surface area contributed by atoms with Crippen LogP contribution in [0.25, 0.3) is 0 Å². The Morgan fingerprint density at radius 1 is 1.23 bits per heavy atom. The molecule has 2 aromatic carbocycles. The Balaban J connectivity index is 1.85. The summed E-state index contributed by atoms with van der Waals surface area (Å²) in [5.41, 5.74) is 2.97. The van der Waals surface area contributed by atoms with E-state index in [1.807, 2.05) is 32.0 Å². The Labute approximate surface area is 159 Å². The average Bonchev–Trinajstić information content (AvgIpc) is 2.74. The molecule has 0 spiro atoms. The van der Waals surface area contributed by atoms with Crippen LogP contribution < -0.4 is 15.4 Å². The van der Waals surface area contributed by atoms with Gasteiger partial charge in [-0.2, -0.15) is 0 Å². The number of thiocarbonyl (C=S) groups is 1.